The molecule has 5 N–H and O–H groups in total. The molecule has 4 rings (SSSR count). The van der Waals surface area contributed by atoms with Crippen LogP contribution in [0.2, 0.25) is 0 Å². The van der Waals surface area contributed by atoms with Gasteiger partial charge < -0.3 is 16.8 Å². The number of halogens is 1. The molecule has 0 spiro atoms. The lowest BCUT2D eigenvalue weighted by Gasteiger charge is -2.38. The molecular weight excluding hydrogens is 417 g/mol. The maximum atomic E-state index is 13.5. The Bertz CT molecular complexity index is 1170. The van der Waals surface area contributed by atoms with Crippen LogP contribution in [-0.4, -0.2) is 23.3 Å². The van der Waals surface area contributed by atoms with Crippen molar-refractivity contribution in [1.29, 1.82) is 0 Å². The molecule has 164 valence electrons. The van der Waals surface area contributed by atoms with Crippen LogP contribution in [0.3, 0.4) is 0 Å². The van der Waals surface area contributed by atoms with Gasteiger partial charge in [0.05, 0.1) is 16.4 Å². The summed E-state index contributed by atoms with van der Waals surface area (Å²) in [5, 5.41) is 13.9. The smallest absolute Gasteiger partial charge is 0.269 e. The molecule has 1 atom stereocenters. The number of allylic oxidation sites excluding steroid dienone is 1. The first-order chi connectivity index (χ1) is 15.3. The number of carbonyl (C=O) groups is 2. The number of anilines is 1. The summed E-state index contributed by atoms with van der Waals surface area (Å²) in [6, 6.07) is 11.1. The fourth-order valence-corrected chi connectivity index (χ4v) is 4.18. The largest absolute Gasteiger partial charge is 0.384 e. The summed E-state index contributed by atoms with van der Waals surface area (Å²) < 4.78 is 13.5. The maximum Gasteiger partial charge on any atom is 0.269 e. The minimum absolute atomic E-state index is 0.0148. The third-order valence-electron chi connectivity index (χ3n) is 5.58. The van der Waals surface area contributed by atoms with Gasteiger partial charge >= 0.3 is 0 Å². The van der Waals surface area contributed by atoms with E-state index in [1.807, 2.05) is 0 Å². The highest BCUT2D eigenvalue weighted by Crippen LogP contribution is 2.44. The second-order valence-corrected chi connectivity index (χ2v) is 7.48. The quantitative estimate of drug-likeness (QED) is 0.494. The minimum Gasteiger partial charge on any atom is -0.384 e. The molecule has 0 bridgehead atoms. The fourth-order valence-electron chi connectivity index (χ4n) is 4.18. The molecule has 2 aliphatic rings. The molecule has 2 heterocycles. The van der Waals surface area contributed by atoms with Gasteiger partial charge in [0.1, 0.15) is 11.6 Å². The zero-order valence-corrected chi connectivity index (χ0v) is 16.9. The van der Waals surface area contributed by atoms with Gasteiger partial charge in [-0.2, -0.15) is 0 Å². The van der Waals surface area contributed by atoms with Gasteiger partial charge in [-0.3, -0.25) is 24.6 Å². The molecule has 32 heavy (non-hydrogen) atoms. The van der Waals surface area contributed by atoms with Crippen molar-refractivity contribution in [3.63, 3.8) is 0 Å². The first kappa shape index (κ1) is 21.0. The van der Waals surface area contributed by atoms with Crippen molar-refractivity contribution >= 4 is 23.2 Å². The number of rotatable bonds is 4. The number of benzene rings is 2. The van der Waals surface area contributed by atoms with Crippen molar-refractivity contribution < 1.29 is 18.9 Å². The second-order valence-electron chi connectivity index (χ2n) is 7.48. The van der Waals surface area contributed by atoms with Crippen molar-refractivity contribution in [2.24, 2.45) is 11.5 Å². The Balaban J connectivity index is 1.97. The highest BCUT2D eigenvalue weighted by atomic mass is 19.1. The molecule has 2 aromatic carbocycles. The van der Waals surface area contributed by atoms with Crippen molar-refractivity contribution in [2.75, 3.05) is 11.4 Å². The first-order valence-corrected chi connectivity index (χ1v) is 9.90. The number of amides is 2. The third-order valence-corrected chi connectivity index (χ3v) is 5.58. The molecule has 2 amide bonds. The minimum atomic E-state index is -0.905. The van der Waals surface area contributed by atoms with E-state index in [0.29, 0.717) is 36.3 Å². The topological polar surface area (TPSA) is 145 Å². The van der Waals surface area contributed by atoms with Gasteiger partial charge in [-0.05, 0) is 42.7 Å². The summed E-state index contributed by atoms with van der Waals surface area (Å²) >= 11 is 0. The van der Waals surface area contributed by atoms with Crippen LogP contribution in [0.15, 0.2) is 71.2 Å². The summed E-state index contributed by atoms with van der Waals surface area (Å²) in [6.07, 6.45) is 1.08. The number of hydrogen-bond donors (Lipinski definition) is 3. The Morgan fingerprint density at radius 2 is 1.81 bits per heavy atom. The van der Waals surface area contributed by atoms with E-state index < -0.39 is 22.6 Å². The van der Waals surface area contributed by atoms with Crippen LogP contribution >= 0.6 is 0 Å². The average molecular weight is 437 g/mol. The summed E-state index contributed by atoms with van der Waals surface area (Å²) in [4.78, 5) is 37.8. The fraction of sp³-hybridized carbons (Fsp3) is 0.182. The number of hydrogen-bond acceptors (Lipinski definition) is 6. The number of nitro groups is 1. The lowest BCUT2D eigenvalue weighted by atomic mass is 9.79. The monoisotopic (exact) mass is 437 g/mol. The Labute approximate surface area is 182 Å². The Morgan fingerprint density at radius 1 is 1.16 bits per heavy atom. The predicted octanol–water partition coefficient (Wildman–Crippen LogP) is 2.16. The lowest BCUT2D eigenvalue weighted by Crippen LogP contribution is -2.41. The van der Waals surface area contributed by atoms with Gasteiger partial charge in [0.15, 0.2) is 0 Å². The summed E-state index contributed by atoms with van der Waals surface area (Å²) in [7, 11) is 0. The van der Waals surface area contributed by atoms with Crippen molar-refractivity contribution in [3.8, 4) is 0 Å². The van der Waals surface area contributed by atoms with Crippen molar-refractivity contribution in [2.45, 2.75) is 18.8 Å². The third kappa shape index (κ3) is 3.55. The van der Waals surface area contributed by atoms with Crippen LogP contribution in [0.5, 0.6) is 0 Å². The number of nitrogens with two attached hydrogens (primary N) is 2. The highest BCUT2D eigenvalue weighted by molar-refractivity contribution is 6.05. The number of non-ortho nitro benzene ring substituents is 1. The molecule has 0 saturated heterocycles. The number of carbonyl (C=O) groups excluding carboxylic acids is 2. The molecular formula is C22H20FN5O4. The summed E-state index contributed by atoms with van der Waals surface area (Å²) in [6.45, 7) is 0.419. The highest BCUT2D eigenvalue weighted by Gasteiger charge is 2.41. The number of nitrogens with zero attached hydrogens (tertiary/aromatic N) is 2. The number of nitrogens with one attached hydrogen (secondary N) is 1. The van der Waals surface area contributed by atoms with E-state index >= 15 is 0 Å². The van der Waals surface area contributed by atoms with Crippen LogP contribution in [0, 0.1) is 15.9 Å². The molecule has 0 aromatic heterocycles. The predicted molar refractivity (Wildman–Crippen MR) is 114 cm³/mol. The van der Waals surface area contributed by atoms with E-state index in [1.54, 1.807) is 4.90 Å². The summed E-state index contributed by atoms with van der Waals surface area (Å²) in [5.41, 5.74) is 13.8. The van der Waals surface area contributed by atoms with Crippen LogP contribution in [0.25, 0.3) is 0 Å². The number of primary amides is 1. The molecule has 0 fully saturated rings. The molecule has 9 nitrogen and oxygen atoms in total. The molecule has 2 aliphatic heterocycles. The van der Waals surface area contributed by atoms with Crippen LogP contribution in [-0.2, 0) is 9.59 Å². The zero-order valence-electron chi connectivity index (χ0n) is 16.9. The van der Waals surface area contributed by atoms with Gasteiger partial charge in [-0.1, -0.05) is 12.1 Å². The van der Waals surface area contributed by atoms with Crippen molar-refractivity contribution in [3.05, 3.63) is 92.7 Å². The standard InChI is InChI=1S/C22H20FN5O4/c23-13-5-9-14(10-6-13)27-16-2-1-11-26-22(30)18(16)17(19(20(27)24)21(25)29)12-3-7-15(8-4-12)28(31)32/h3-10,17H,1-2,11,24H2,(H2,25,29)(H,26,30). The van der Waals surface area contributed by atoms with E-state index in [4.69, 9.17) is 11.5 Å². The molecule has 0 radical (unpaired) electrons. The van der Waals surface area contributed by atoms with Gasteiger partial charge in [0.25, 0.3) is 5.69 Å². The van der Waals surface area contributed by atoms with Crippen molar-refractivity contribution in [1.82, 2.24) is 5.32 Å². The van der Waals surface area contributed by atoms with Crippen LogP contribution in [0.1, 0.15) is 24.3 Å². The molecule has 0 aliphatic carbocycles. The van der Waals surface area contributed by atoms with E-state index in [0.717, 1.165) is 0 Å². The second kappa shape index (κ2) is 8.14. The van der Waals surface area contributed by atoms with Crippen LogP contribution < -0.4 is 21.7 Å². The number of nitro benzene ring substituents is 1. The van der Waals surface area contributed by atoms with Crippen LogP contribution in [0.4, 0.5) is 15.8 Å². The zero-order chi connectivity index (χ0) is 23.0. The normalized spacial score (nSPS) is 18.7. The Morgan fingerprint density at radius 3 is 2.41 bits per heavy atom. The average Bonchev–Trinajstić information content (AvgIpc) is 2.95. The van der Waals surface area contributed by atoms with Gasteiger partial charge in [0.2, 0.25) is 11.8 Å². The van der Waals surface area contributed by atoms with E-state index in [9.17, 15) is 24.1 Å². The molecule has 2 aromatic rings. The maximum absolute atomic E-state index is 13.5. The van der Waals surface area contributed by atoms with E-state index in [-0.39, 0.29) is 28.6 Å². The van der Waals surface area contributed by atoms with Gasteiger partial charge in [0, 0.05) is 35.6 Å². The van der Waals surface area contributed by atoms with E-state index in [1.165, 1.54) is 48.5 Å². The first-order valence-electron chi connectivity index (χ1n) is 9.90. The SMILES string of the molecule is NC(=O)C1=C(N)N(c2ccc(F)cc2)C2=C(C(=O)NCCC2)C1c1ccc([N+](=O)[O-])cc1. The summed E-state index contributed by atoms with van der Waals surface area (Å²) in [5.74, 6) is -2.54. The molecule has 1 unspecified atom stereocenters. The van der Waals surface area contributed by atoms with Gasteiger partial charge in [-0.15, -0.1) is 0 Å². The van der Waals surface area contributed by atoms with E-state index in [2.05, 4.69) is 5.32 Å². The Kier molecular flexibility index (Phi) is 5.35. The molecule has 10 heteroatoms. The molecule has 0 saturated carbocycles. The van der Waals surface area contributed by atoms with Gasteiger partial charge in [-0.25, -0.2) is 4.39 Å². The lowest BCUT2D eigenvalue weighted by molar-refractivity contribution is -0.384. The Hall–Kier alpha value is -4.21.